The molecule has 30 heavy (non-hydrogen) atoms. The molecule has 0 radical (unpaired) electrons. The predicted molar refractivity (Wildman–Crippen MR) is 139 cm³/mol. The third kappa shape index (κ3) is 7.16. The van der Waals surface area contributed by atoms with E-state index in [0.29, 0.717) is 0 Å². The van der Waals surface area contributed by atoms with Crippen molar-refractivity contribution in [2.24, 2.45) is 4.99 Å². The lowest BCUT2D eigenvalue weighted by Gasteiger charge is -2.12. The quantitative estimate of drug-likeness (QED) is 0.176. The van der Waals surface area contributed by atoms with Crippen LogP contribution < -0.4 is 10.6 Å². The van der Waals surface area contributed by atoms with Crippen LogP contribution in [0, 0.1) is 0 Å². The van der Waals surface area contributed by atoms with Gasteiger partial charge in [-0.3, -0.25) is 4.99 Å². The van der Waals surface area contributed by atoms with Gasteiger partial charge in [0.05, 0.1) is 6.54 Å². The van der Waals surface area contributed by atoms with Crippen molar-refractivity contribution in [1.82, 2.24) is 25.4 Å². The molecule has 2 N–H and O–H groups in total. The molecule has 0 fully saturated rings. The number of benzene rings is 2. The summed E-state index contributed by atoms with van der Waals surface area (Å²) in [5.74, 6) is 3.88. The highest BCUT2D eigenvalue weighted by Gasteiger charge is 2.03. The van der Waals surface area contributed by atoms with E-state index in [1.807, 2.05) is 11.8 Å². The lowest BCUT2D eigenvalue weighted by atomic mass is 10.1. The van der Waals surface area contributed by atoms with Gasteiger partial charge in [0.15, 0.2) is 5.96 Å². The first-order chi connectivity index (χ1) is 14.3. The number of nitrogens with zero attached hydrogens (tertiary/aromatic N) is 4. The molecule has 0 saturated heterocycles. The van der Waals surface area contributed by atoms with E-state index in [0.717, 1.165) is 55.9 Å². The fourth-order valence-corrected chi connectivity index (χ4v) is 4.03. The van der Waals surface area contributed by atoms with Gasteiger partial charge in [-0.05, 0) is 23.3 Å². The van der Waals surface area contributed by atoms with Gasteiger partial charge in [-0.1, -0.05) is 49.4 Å². The van der Waals surface area contributed by atoms with Crippen LogP contribution >= 0.6 is 35.7 Å². The number of aryl methyl sites for hydroxylation is 1. The van der Waals surface area contributed by atoms with Crippen molar-refractivity contribution in [3.8, 4) is 0 Å². The van der Waals surface area contributed by atoms with Gasteiger partial charge in [0.25, 0.3) is 0 Å². The standard InChI is InChI=1S/C22H30N6S.HI/c1-3-21-27-26-17-28(21)14-12-24-22(23-4-2)25-13-15-29-16-19-10-7-9-18-8-5-6-11-20(18)19;/h5-11,17H,3-4,12-16H2,1-2H3,(H2,23,24,25);1H. The minimum atomic E-state index is 0. The van der Waals surface area contributed by atoms with Crippen LogP contribution in [-0.2, 0) is 18.7 Å². The summed E-state index contributed by atoms with van der Waals surface area (Å²) in [6.07, 6.45) is 2.68. The van der Waals surface area contributed by atoms with E-state index in [4.69, 9.17) is 4.99 Å². The Kier molecular flexibility index (Phi) is 11.0. The summed E-state index contributed by atoms with van der Waals surface area (Å²) < 4.78 is 2.08. The lowest BCUT2D eigenvalue weighted by molar-refractivity contribution is 0.633. The fourth-order valence-electron chi connectivity index (χ4n) is 3.20. The number of fused-ring (bicyclic) bond motifs is 1. The monoisotopic (exact) mass is 538 g/mol. The Hall–Kier alpha value is -1.81. The van der Waals surface area contributed by atoms with Gasteiger partial charge >= 0.3 is 0 Å². The third-order valence-electron chi connectivity index (χ3n) is 4.64. The number of aliphatic imine (C=N–C) groups is 1. The Morgan fingerprint density at radius 3 is 2.77 bits per heavy atom. The minimum absolute atomic E-state index is 0. The molecule has 0 aliphatic heterocycles. The maximum Gasteiger partial charge on any atom is 0.191 e. The molecule has 1 heterocycles. The second-order valence-electron chi connectivity index (χ2n) is 6.67. The van der Waals surface area contributed by atoms with Crippen LogP contribution in [-0.4, -0.2) is 46.1 Å². The van der Waals surface area contributed by atoms with Crippen molar-refractivity contribution in [3.63, 3.8) is 0 Å². The van der Waals surface area contributed by atoms with Crippen LogP contribution in [0.4, 0.5) is 0 Å². The van der Waals surface area contributed by atoms with E-state index in [1.165, 1.54) is 16.3 Å². The SMILES string of the molecule is CCNC(=NCCSCc1cccc2ccccc12)NCCn1cnnc1CC.I. The highest BCUT2D eigenvalue weighted by atomic mass is 127. The Morgan fingerprint density at radius 1 is 1.10 bits per heavy atom. The molecular formula is C22H31IN6S. The van der Waals surface area contributed by atoms with E-state index < -0.39 is 0 Å². The van der Waals surface area contributed by atoms with Crippen molar-refractivity contribution < 1.29 is 0 Å². The smallest absolute Gasteiger partial charge is 0.191 e. The molecule has 162 valence electrons. The highest BCUT2D eigenvalue weighted by Crippen LogP contribution is 2.22. The Labute approximate surface area is 200 Å². The number of hydrogen-bond acceptors (Lipinski definition) is 4. The van der Waals surface area contributed by atoms with Gasteiger partial charge in [-0.25, -0.2) is 0 Å². The van der Waals surface area contributed by atoms with Crippen LogP contribution in [0.25, 0.3) is 10.8 Å². The Balaban J connectivity index is 0.00000320. The molecule has 0 unspecified atom stereocenters. The van der Waals surface area contributed by atoms with Crippen molar-refractivity contribution in [2.45, 2.75) is 32.6 Å². The van der Waals surface area contributed by atoms with Gasteiger partial charge in [-0.2, -0.15) is 11.8 Å². The summed E-state index contributed by atoms with van der Waals surface area (Å²) in [6.45, 7) is 7.44. The summed E-state index contributed by atoms with van der Waals surface area (Å²) in [6, 6.07) is 15.1. The molecular weight excluding hydrogens is 507 g/mol. The largest absolute Gasteiger partial charge is 0.357 e. The molecule has 0 amide bonds. The van der Waals surface area contributed by atoms with Gasteiger partial charge in [0.1, 0.15) is 12.2 Å². The van der Waals surface area contributed by atoms with Crippen LogP contribution in [0.2, 0.25) is 0 Å². The molecule has 0 saturated carbocycles. The zero-order chi connectivity index (χ0) is 20.3. The van der Waals surface area contributed by atoms with E-state index in [-0.39, 0.29) is 24.0 Å². The van der Waals surface area contributed by atoms with E-state index in [9.17, 15) is 0 Å². The molecule has 8 heteroatoms. The molecule has 0 atom stereocenters. The zero-order valence-corrected chi connectivity index (χ0v) is 20.8. The first kappa shape index (κ1) is 24.5. The van der Waals surface area contributed by atoms with Crippen LogP contribution in [0.5, 0.6) is 0 Å². The summed E-state index contributed by atoms with van der Waals surface area (Å²) in [7, 11) is 0. The highest BCUT2D eigenvalue weighted by molar-refractivity contribution is 14.0. The van der Waals surface area contributed by atoms with Crippen LogP contribution in [0.3, 0.4) is 0 Å². The maximum absolute atomic E-state index is 4.70. The average Bonchev–Trinajstić information content (AvgIpc) is 3.21. The maximum atomic E-state index is 4.70. The number of rotatable bonds is 10. The number of hydrogen-bond donors (Lipinski definition) is 2. The fraction of sp³-hybridized carbons (Fsp3) is 0.409. The average molecular weight is 539 g/mol. The number of thioether (sulfide) groups is 1. The van der Waals surface area contributed by atoms with Gasteiger partial charge < -0.3 is 15.2 Å². The minimum Gasteiger partial charge on any atom is -0.357 e. The zero-order valence-electron chi connectivity index (χ0n) is 17.7. The number of nitrogens with one attached hydrogen (secondary N) is 2. The predicted octanol–water partition coefficient (Wildman–Crippen LogP) is 4.10. The molecule has 3 aromatic rings. The number of halogens is 1. The van der Waals surface area contributed by atoms with E-state index in [1.54, 1.807) is 6.33 Å². The Morgan fingerprint density at radius 2 is 1.93 bits per heavy atom. The van der Waals surface area contributed by atoms with E-state index >= 15 is 0 Å². The van der Waals surface area contributed by atoms with Crippen molar-refractivity contribution in [2.75, 3.05) is 25.4 Å². The first-order valence-electron chi connectivity index (χ1n) is 10.2. The van der Waals surface area contributed by atoms with E-state index in [2.05, 4.69) is 81.7 Å². The molecule has 0 aliphatic carbocycles. The van der Waals surface area contributed by atoms with Gasteiger partial charge in [-0.15, -0.1) is 34.2 Å². The second-order valence-corrected chi connectivity index (χ2v) is 7.78. The summed E-state index contributed by atoms with van der Waals surface area (Å²) in [5, 5.41) is 17.5. The molecule has 0 spiro atoms. The second kappa shape index (κ2) is 13.5. The molecule has 3 rings (SSSR count). The van der Waals surface area contributed by atoms with Crippen LogP contribution in [0.15, 0.2) is 53.8 Å². The normalized spacial score (nSPS) is 11.3. The first-order valence-corrected chi connectivity index (χ1v) is 11.4. The molecule has 0 aliphatic rings. The Bertz CT molecular complexity index is 921. The summed E-state index contributed by atoms with van der Waals surface area (Å²) >= 11 is 1.92. The molecule has 0 bridgehead atoms. The summed E-state index contributed by atoms with van der Waals surface area (Å²) in [5.41, 5.74) is 1.39. The molecule has 1 aromatic heterocycles. The molecule has 6 nitrogen and oxygen atoms in total. The number of aromatic nitrogens is 3. The molecule has 2 aromatic carbocycles. The van der Waals surface area contributed by atoms with Crippen molar-refractivity contribution in [1.29, 1.82) is 0 Å². The lowest BCUT2D eigenvalue weighted by Crippen LogP contribution is -2.39. The van der Waals surface area contributed by atoms with Gasteiger partial charge in [0.2, 0.25) is 0 Å². The number of guanidine groups is 1. The van der Waals surface area contributed by atoms with Gasteiger partial charge in [0, 0.05) is 37.6 Å². The van der Waals surface area contributed by atoms with Crippen LogP contribution in [0.1, 0.15) is 25.2 Å². The van der Waals surface area contributed by atoms with Crippen molar-refractivity contribution >= 4 is 52.5 Å². The summed E-state index contributed by atoms with van der Waals surface area (Å²) in [4.78, 5) is 4.70. The van der Waals surface area contributed by atoms with Crippen molar-refractivity contribution in [3.05, 3.63) is 60.2 Å². The third-order valence-corrected chi connectivity index (χ3v) is 5.63. The topological polar surface area (TPSA) is 67.1 Å².